The van der Waals surface area contributed by atoms with Crippen molar-refractivity contribution in [3.63, 3.8) is 0 Å². The van der Waals surface area contributed by atoms with E-state index in [9.17, 15) is 4.79 Å². The second kappa shape index (κ2) is 3.58. The summed E-state index contributed by atoms with van der Waals surface area (Å²) in [5.74, 6) is 1.19. The average molecular weight is 217 g/mol. The highest BCUT2D eigenvalue weighted by atomic mass is 16.5. The van der Waals surface area contributed by atoms with Gasteiger partial charge in [0.2, 0.25) is 0 Å². The third-order valence-corrected chi connectivity index (χ3v) is 3.95. The van der Waals surface area contributed by atoms with Gasteiger partial charge in [-0.05, 0) is 25.0 Å². The number of hydrogen-bond donors (Lipinski definition) is 0. The fourth-order valence-corrected chi connectivity index (χ4v) is 2.96. The van der Waals surface area contributed by atoms with Crippen LogP contribution in [0, 0.1) is 5.41 Å². The first-order valence-corrected chi connectivity index (χ1v) is 5.91. The maximum atomic E-state index is 11.8. The number of ketones is 1. The van der Waals surface area contributed by atoms with Gasteiger partial charge in [-0.3, -0.25) is 9.78 Å². The van der Waals surface area contributed by atoms with Gasteiger partial charge >= 0.3 is 0 Å². The Morgan fingerprint density at radius 2 is 2.19 bits per heavy atom. The molecule has 1 aromatic rings. The van der Waals surface area contributed by atoms with E-state index in [0.717, 1.165) is 18.6 Å². The molecule has 1 atom stereocenters. The molecule has 0 saturated heterocycles. The molecule has 3 nitrogen and oxygen atoms in total. The monoisotopic (exact) mass is 217 g/mol. The molecule has 3 heteroatoms. The van der Waals surface area contributed by atoms with E-state index in [1.54, 1.807) is 12.4 Å². The molecular weight excluding hydrogens is 202 g/mol. The molecule has 3 rings (SSSR count). The lowest BCUT2D eigenvalue weighted by Crippen LogP contribution is -2.55. The molecule has 2 aliphatic carbocycles. The fourth-order valence-electron chi connectivity index (χ4n) is 2.96. The Morgan fingerprint density at radius 1 is 1.38 bits per heavy atom. The Hall–Kier alpha value is -1.38. The first-order chi connectivity index (χ1) is 7.81. The molecule has 0 aromatic carbocycles. The molecule has 2 aliphatic rings. The molecule has 84 valence electrons. The lowest BCUT2D eigenvalue weighted by molar-refractivity contribution is -0.151. The van der Waals surface area contributed by atoms with E-state index in [-0.39, 0.29) is 11.5 Å². The van der Waals surface area contributed by atoms with E-state index >= 15 is 0 Å². The van der Waals surface area contributed by atoms with Crippen molar-refractivity contribution >= 4 is 5.78 Å². The number of rotatable bonds is 2. The largest absolute Gasteiger partial charge is 0.487 e. The Bertz CT molecular complexity index is 396. The van der Waals surface area contributed by atoms with E-state index < -0.39 is 0 Å². The number of pyridine rings is 1. The average Bonchev–Trinajstić information content (AvgIpc) is 2.82. The summed E-state index contributed by atoms with van der Waals surface area (Å²) in [5, 5.41) is 0. The van der Waals surface area contributed by atoms with Gasteiger partial charge < -0.3 is 4.74 Å². The minimum Gasteiger partial charge on any atom is -0.487 e. The summed E-state index contributed by atoms with van der Waals surface area (Å²) in [6, 6.07) is 3.76. The first kappa shape index (κ1) is 9.82. The van der Waals surface area contributed by atoms with Crippen LogP contribution in [0.5, 0.6) is 5.75 Å². The van der Waals surface area contributed by atoms with Crippen molar-refractivity contribution in [2.45, 2.75) is 38.2 Å². The number of nitrogens with zero attached hydrogens (tertiary/aromatic N) is 1. The minimum absolute atomic E-state index is 0.0895. The molecule has 0 aliphatic heterocycles. The third-order valence-electron chi connectivity index (χ3n) is 3.95. The number of aromatic nitrogens is 1. The van der Waals surface area contributed by atoms with Crippen molar-refractivity contribution in [3.05, 3.63) is 24.5 Å². The summed E-state index contributed by atoms with van der Waals surface area (Å²) in [4.78, 5) is 15.8. The summed E-state index contributed by atoms with van der Waals surface area (Å²) in [6.45, 7) is 0. The fraction of sp³-hybridized carbons (Fsp3) is 0.538. The van der Waals surface area contributed by atoms with Gasteiger partial charge in [-0.1, -0.05) is 12.8 Å². The van der Waals surface area contributed by atoms with Crippen LogP contribution in [-0.4, -0.2) is 16.9 Å². The van der Waals surface area contributed by atoms with Crippen molar-refractivity contribution in [3.8, 4) is 5.75 Å². The Labute approximate surface area is 94.8 Å². The Morgan fingerprint density at radius 3 is 2.81 bits per heavy atom. The van der Waals surface area contributed by atoms with Crippen LogP contribution in [0.2, 0.25) is 0 Å². The summed E-state index contributed by atoms with van der Waals surface area (Å²) < 4.78 is 5.88. The van der Waals surface area contributed by atoms with Gasteiger partial charge in [-0.15, -0.1) is 0 Å². The number of ether oxygens (including phenoxy) is 1. The maximum Gasteiger partial charge on any atom is 0.146 e. The van der Waals surface area contributed by atoms with Crippen molar-refractivity contribution in [1.29, 1.82) is 0 Å². The van der Waals surface area contributed by atoms with Crippen molar-refractivity contribution < 1.29 is 9.53 Å². The topological polar surface area (TPSA) is 39.2 Å². The standard InChI is InChI=1S/C13H15NO2/c15-11-8-12(13(11)5-1-2-6-13)16-10-4-3-7-14-9-10/h3-4,7,9,12H,1-2,5-6,8H2. The van der Waals surface area contributed by atoms with Crippen LogP contribution in [0.1, 0.15) is 32.1 Å². The summed E-state index contributed by atoms with van der Waals surface area (Å²) in [5.41, 5.74) is -0.143. The van der Waals surface area contributed by atoms with Gasteiger partial charge in [0.1, 0.15) is 17.6 Å². The smallest absolute Gasteiger partial charge is 0.146 e. The van der Waals surface area contributed by atoms with Crippen molar-refractivity contribution in [1.82, 2.24) is 4.98 Å². The quantitative estimate of drug-likeness (QED) is 0.763. The van der Waals surface area contributed by atoms with Gasteiger partial charge in [0.05, 0.1) is 11.6 Å². The zero-order valence-corrected chi connectivity index (χ0v) is 9.19. The molecule has 1 heterocycles. The molecule has 1 spiro atoms. The number of carbonyl (C=O) groups excluding carboxylic acids is 1. The molecule has 1 aromatic heterocycles. The summed E-state index contributed by atoms with van der Waals surface area (Å²) in [7, 11) is 0. The van der Waals surface area contributed by atoms with E-state index in [1.165, 1.54) is 12.8 Å². The number of hydrogen-bond acceptors (Lipinski definition) is 3. The number of carbonyl (C=O) groups is 1. The third kappa shape index (κ3) is 1.34. The van der Waals surface area contributed by atoms with Crippen molar-refractivity contribution in [2.75, 3.05) is 0 Å². The summed E-state index contributed by atoms with van der Waals surface area (Å²) >= 11 is 0. The van der Waals surface area contributed by atoms with E-state index in [4.69, 9.17) is 4.74 Å². The van der Waals surface area contributed by atoms with Gasteiger partial charge in [0, 0.05) is 12.6 Å². The molecule has 0 amide bonds. The molecule has 0 radical (unpaired) electrons. The van der Waals surface area contributed by atoms with Gasteiger partial charge in [0.15, 0.2) is 0 Å². The summed E-state index contributed by atoms with van der Waals surface area (Å²) in [6.07, 6.45) is 8.46. The normalized spacial score (nSPS) is 26.8. The second-order valence-electron chi connectivity index (χ2n) is 4.79. The Kier molecular flexibility index (Phi) is 2.20. The van der Waals surface area contributed by atoms with E-state index in [0.29, 0.717) is 12.2 Å². The lowest BCUT2D eigenvalue weighted by atomic mass is 9.63. The molecule has 0 N–H and O–H groups in total. The highest BCUT2D eigenvalue weighted by Crippen LogP contribution is 2.51. The Balaban J connectivity index is 1.75. The van der Waals surface area contributed by atoms with Crippen LogP contribution in [0.3, 0.4) is 0 Å². The predicted octanol–water partition coefficient (Wildman–Crippen LogP) is 2.36. The van der Waals surface area contributed by atoms with Gasteiger partial charge in [-0.2, -0.15) is 0 Å². The lowest BCUT2D eigenvalue weighted by Gasteiger charge is -2.44. The van der Waals surface area contributed by atoms with Gasteiger partial charge in [0.25, 0.3) is 0 Å². The minimum atomic E-state index is -0.143. The zero-order chi connectivity index (χ0) is 11.0. The van der Waals surface area contributed by atoms with Crippen LogP contribution >= 0.6 is 0 Å². The van der Waals surface area contributed by atoms with E-state index in [2.05, 4.69) is 4.98 Å². The highest BCUT2D eigenvalue weighted by Gasteiger charge is 2.57. The van der Waals surface area contributed by atoms with Crippen molar-refractivity contribution in [2.24, 2.45) is 5.41 Å². The molecule has 2 fully saturated rings. The predicted molar refractivity (Wildman–Crippen MR) is 59.2 cm³/mol. The molecule has 2 saturated carbocycles. The SMILES string of the molecule is O=C1CC(Oc2cccnc2)C12CCCC2. The molecule has 1 unspecified atom stereocenters. The van der Waals surface area contributed by atoms with E-state index in [1.807, 2.05) is 12.1 Å². The van der Waals surface area contributed by atoms with Crippen LogP contribution < -0.4 is 4.74 Å². The first-order valence-electron chi connectivity index (χ1n) is 5.91. The molecule has 0 bridgehead atoms. The van der Waals surface area contributed by atoms with Crippen LogP contribution in [-0.2, 0) is 4.79 Å². The molecule has 16 heavy (non-hydrogen) atoms. The maximum absolute atomic E-state index is 11.8. The van der Waals surface area contributed by atoms with Crippen LogP contribution in [0.15, 0.2) is 24.5 Å². The molecular formula is C13H15NO2. The van der Waals surface area contributed by atoms with Crippen LogP contribution in [0.25, 0.3) is 0 Å². The van der Waals surface area contributed by atoms with Gasteiger partial charge in [-0.25, -0.2) is 0 Å². The second-order valence-corrected chi connectivity index (χ2v) is 4.79. The highest BCUT2D eigenvalue weighted by molar-refractivity contribution is 5.92. The number of Topliss-reactive ketones (excluding diaryl/α,β-unsaturated/α-hetero) is 1. The van der Waals surface area contributed by atoms with Crippen LogP contribution in [0.4, 0.5) is 0 Å². The zero-order valence-electron chi connectivity index (χ0n) is 9.19.